The Morgan fingerprint density at radius 2 is 1.89 bits per heavy atom. The van der Waals surface area contributed by atoms with Crippen LogP contribution in [0.5, 0.6) is 0 Å². The molecule has 18 heavy (non-hydrogen) atoms. The van der Waals surface area contributed by atoms with Crippen molar-refractivity contribution in [2.75, 3.05) is 0 Å². The lowest BCUT2D eigenvalue weighted by Gasteiger charge is -2.05. The van der Waals surface area contributed by atoms with Gasteiger partial charge in [-0.15, -0.1) is 0 Å². The predicted octanol–water partition coefficient (Wildman–Crippen LogP) is 3.23. The minimum absolute atomic E-state index is 0.185. The Morgan fingerprint density at radius 1 is 1.28 bits per heavy atom. The van der Waals surface area contributed by atoms with Crippen molar-refractivity contribution in [3.05, 3.63) is 37.4 Å². The highest BCUT2D eigenvalue weighted by Crippen LogP contribution is 2.40. The van der Waals surface area contributed by atoms with E-state index in [-0.39, 0.29) is 17.1 Å². The van der Waals surface area contributed by atoms with E-state index in [1.807, 2.05) is 0 Å². The number of aliphatic imine (C=N–C) groups is 1. The maximum Gasteiger partial charge on any atom is 0.305 e. The first-order valence-corrected chi connectivity index (χ1v) is 5.35. The van der Waals surface area contributed by atoms with Gasteiger partial charge in [-0.3, -0.25) is 20.2 Å². The van der Waals surface area contributed by atoms with Crippen molar-refractivity contribution in [3.8, 4) is 0 Å². The van der Waals surface area contributed by atoms with Crippen LogP contribution in [-0.4, -0.2) is 16.1 Å². The number of benzene rings is 1. The standard InChI is InChI=1S/C11H13N3O4/c1-4-5-12-10-9(13(15)16)6-7(2)8(3)11(10)14(17)18/h5-6H,4H2,1-3H3. The van der Waals surface area contributed by atoms with Gasteiger partial charge in [0.15, 0.2) is 0 Å². The lowest BCUT2D eigenvalue weighted by atomic mass is 10.0. The van der Waals surface area contributed by atoms with Crippen molar-refractivity contribution in [1.82, 2.24) is 0 Å². The Morgan fingerprint density at radius 3 is 2.33 bits per heavy atom. The van der Waals surface area contributed by atoms with Gasteiger partial charge < -0.3 is 0 Å². The molecule has 96 valence electrons. The Hall–Kier alpha value is -2.31. The molecule has 0 aliphatic heterocycles. The van der Waals surface area contributed by atoms with Crippen LogP contribution in [0.15, 0.2) is 11.1 Å². The van der Waals surface area contributed by atoms with Crippen LogP contribution in [-0.2, 0) is 0 Å². The zero-order valence-corrected chi connectivity index (χ0v) is 10.3. The van der Waals surface area contributed by atoms with Gasteiger partial charge in [0.25, 0.3) is 0 Å². The van der Waals surface area contributed by atoms with Gasteiger partial charge in [-0.25, -0.2) is 4.99 Å². The van der Waals surface area contributed by atoms with E-state index in [4.69, 9.17) is 0 Å². The molecule has 0 spiro atoms. The number of rotatable bonds is 4. The zero-order chi connectivity index (χ0) is 13.9. The van der Waals surface area contributed by atoms with E-state index in [0.29, 0.717) is 17.5 Å². The second-order valence-corrected chi connectivity index (χ2v) is 3.77. The third kappa shape index (κ3) is 2.50. The molecule has 7 nitrogen and oxygen atoms in total. The van der Waals surface area contributed by atoms with Gasteiger partial charge in [0.2, 0.25) is 5.69 Å². The van der Waals surface area contributed by atoms with E-state index in [2.05, 4.69) is 4.99 Å². The van der Waals surface area contributed by atoms with Crippen LogP contribution in [0.1, 0.15) is 24.5 Å². The minimum Gasteiger partial charge on any atom is -0.258 e. The molecule has 1 aromatic carbocycles. The van der Waals surface area contributed by atoms with Crippen LogP contribution >= 0.6 is 0 Å². The average Bonchev–Trinajstić information content (AvgIpc) is 2.29. The van der Waals surface area contributed by atoms with E-state index in [1.54, 1.807) is 20.8 Å². The molecule has 0 saturated heterocycles. The van der Waals surface area contributed by atoms with E-state index < -0.39 is 9.85 Å². The molecule has 0 aromatic heterocycles. The Balaban J connectivity index is 3.69. The lowest BCUT2D eigenvalue weighted by Crippen LogP contribution is -1.99. The van der Waals surface area contributed by atoms with Crippen LogP contribution in [0.4, 0.5) is 17.1 Å². The molecule has 0 heterocycles. The third-order valence-corrected chi connectivity index (χ3v) is 2.55. The van der Waals surface area contributed by atoms with Crippen molar-refractivity contribution in [2.24, 2.45) is 4.99 Å². The predicted molar refractivity (Wildman–Crippen MR) is 67.7 cm³/mol. The largest absolute Gasteiger partial charge is 0.305 e. The summed E-state index contributed by atoms with van der Waals surface area (Å²) in [6, 6.07) is 1.31. The normalized spacial score (nSPS) is 10.8. The summed E-state index contributed by atoms with van der Waals surface area (Å²) in [4.78, 5) is 24.6. The highest BCUT2D eigenvalue weighted by molar-refractivity contribution is 5.79. The quantitative estimate of drug-likeness (QED) is 0.466. The summed E-state index contributed by atoms with van der Waals surface area (Å²) in [5.41, 5.74) is 0.0774. The smallest absolute Gasteiger partial charge is 0.258 e. The van der Waals surface area contributed by atoms with Gasteiger partial charge in [0.1, 0.15) is 0 Å². The van der Waals surface area contributed by atoms with Crippen molar-refractivity contribution in [3.63, 3.8) is 0 Å². The highest BCUT2D eigenvalue weighted by atomic mass is 16.6. The summed E-state index contributed by atoms with van der Waals surface area (Å²) in [5, 5.41) is 22.0. The molecular formula is C11H13N3O4. The van der Waals surface area contributed by atoms with E-state index in [9.17, 15) is 20.2 Å². The van der Waals surface area contributed by atoms with Crippen LogP contribution in [0.2, 0.25) is 0 Å². The van der Waals surface area contributed by atoms with E-state index >= 15 is 0 Å². The summed E-state index contributed by atoms with van der Waals surface area (Å²) in [6.45, 7) is 4.95. The average molecular weight is 251 g/mol. The second kappa shape index (κ2) is 5.35. The maximum absolute atomic E-state index is 11.0. The molecule has 1 aromatic rings. The summed E-state index contributed by atoms with van der Waals surface area (Å²) in [7, 11) is 0. The molecule has 7 heteroatoms. The highest BCUT2D eigenvalue weighted by Gasteiger charge is 2.28. The fourth-order valence-electron chi connectivity index (χ4n) is 1.54. The number of hydrogen-bond donors (Lipinski definition) is 0. The first-order valence-electron chi connectivity index (χ1n) is 5.35. The Labute approximate surface area is 103 Å². The first kappa shape index (κ1) is 13.8. The van der Waals surface area contributed by atoms with Crippen molar-refractivity contribution < 1.29 is 9.85 Å². The van der Waals surface area contributed by atoms with Crippen LogP contribution < -0.4 is 0 Å². The molecule has 0 aliphatic carbocycles. The third-order valence-electron chi connectivity index (χ3n) is 2.55. The van der Waals surface area contributed by atoms with E-state index in [0.717, 1.165) is 0 Å². The number of nitro groups is 2. The molecule has 0 atom stereocenters. The minimum atomic E-state index is -0.651. The Kier molecular flexibility index (Phi) is 4.09. The van der Waals surface area contributed by atoms with Gasteiger partial charge in [-0.05, 0) is 25.8 Å². The summed E-state index contributed by atoms with van der Waals surface area (Å²) >= 11 is 0. The molecular weight excluding hydrogens is 238 g/mol. The van der Waals surface area contributed by atoms with Gasteiger partial charge in [-0.1, -0.05) is 6.92 Å². The molecule has 0 fully saturated rings. The molecule has 0 bridgehead atoms. The topological polar surface area (TPSA) is 98.6 Å². The molecule has 0 radical (unpaired) electrons. The van der Waals surface area contributed by atoms with Crippen LogP contribution in [0, 0.1) is 34.1 Å². The van der Waals surface area contributed by atoms with Gasteiger partial charge >= 0.3 is 11.4 Å². The summed E-state index contributed by atoms with van der Waals surface area (Å²) in [6.07, 6.45) is 1.96. The van der Waals surface area contributed by atoms with Gasteiger partial charge in [0.05, 0.1) is 9.85 Å². The molecule has 1 rings (SSSR count). The maximum atomic E-state index is 11.0. The summed E-state index contributed by atoms with van der Waals surface area (Å²) in [5.74, 6) is 0. The molecule has 0 N–H and O–H groups in total. The molecule has 0 saturated carbocycles. The summed E-state index contributed by atoms with van der Waals surface area (Å²) < 4.78 is 0. The number of aryl methyl sites for hydroxylation is 1. The monoisotopic (exact) mass is 251 g/mol. The molecule has 0 aliphatic rings. The number of hydrogen-bond acceptors (Lipinski definition) is 5. The lowest BCUT2D eigenvalue weighted by molar-refractivity contribution is -0.392. The van der Waals surface area contributed by atoms with Gasteiger partial charge in [0, 0.05) is 17.8 Å². The first-order chi connectivity index (χ1) is 8.40. The van der Waals surface area contributed by atoms with E-state index in [1.165, 1.54) is 12.3 Å². The fraction of sp³-hybridized carbons (Fsp3) is 0.364. The van der Waals surface area contributed by atoms with Crippen molar-refractivity contribution in [2.45, 2.75) is 27.2 Å². The van der Waals surface area contributed by atoms with Gasteiger partial charge in [-0.2, -0.15) is 0 Å². The molecule has 0 amide bonds. The SMILES string of the molecule is CCC=Nc1c([N+](=O)[O-])cc(C)c(C)c1[N+](=O)[O-]. The van der Waals surface area contributed by atoms with Crippen LogP contribution in [0.25, 0.3) is 0 Å². The fourth-order valence-corrected chi connectivity index (χ4v) is 1.54. The second-order valence-electron chi connectivity index (χ2n) is 3.77. The number of nitro benzene ring substituents is 2. The van der Waals surface area contributed by atoms with Crippen molar-refractivity contribution in [1.29, 1.82) is 0 Å². The molecule has 0 unspecified atom stereocenters. The number of nitrogens with zero attached hydrogens (tertiary/aromatic N) is 3. The Bertz CT molecular complexity index is 538. The van der Waals surface area contributed by atoms with Crippen LogP contribution in [0.3, 0.4) is 0 Å². The van der Waals surface area contributed by atoms with Crippen molar-refractivity contribution >= 4 is 23.3 Å². The zero-order valence-electron chi connectivity index (χ0n) is 10.3.